The first-order valence-electron chi connectivity index (χ1n) is 9.48. The van der Waals surface area contributed by atoms with E-state index in [0.717, 1.165) is 29.5 Å². The normalized spacial score (nSPS) is 19.0. The second kappa shape index (κ2) is 8.54. The molecule has 3 heterocycles. The molecule has 0 aliphatic carbocycles. The van der Waals surface area contributed by atoms with E-state index in [4.69, 9.17) is 17.0 Å². The van der Waals surface area contributed by atoms with Gasteiger partial charge in [-0.3, -0.25) is 4.98 Å². The SMILES string of the molecule is COCCCN1C(=S)N[C@@H](c2ccccn2)[C@H]1c1ccn(-c2ccccc2)c1. The van der Waals surface area contributed by atoms with Crippen LogP contribution in [-0.4, -0.2) is 39.8 Å². The molecular formula is C22H24N4OS. The van der Waals surface area contributed by atoms with E-state index in [2.05, 4.69) is 68.6 Å². The number of benzene rings is 1. The van der Waals surface area contributed by atoms with E-state index in [0.29, 0.717) is 6.61 Å². The van der Waals surface area contributed by atoms with Crippen molar-refractivity contribution in [2.24, 2.45) is 0 Å². The van der Waals surface area contributed by atoms with Crippen molar-refractivity contribution >= 4 is 17.3 Å². The largest absolute Gasteiger partial charge is 0.385 e. The summed E-state index contributed by atoms with van der Waals surface area (Å²) >= 11 is 5.68. The van der Waals surface area contributed by atoms with Crippen molar-refractivity contribution in [2.75, 3.05) is 20.3 Å². The highest BCUT2D eigenvalue weighted by Crippen LogP contribution is 2.38. The molecule has 1 aromatic carbocycles. The Morgan fingerprint density at radius 2 is 1.93 bits per heavy atom. The van der Waals surface area contributed by atoms with Crippen LogP contribution in [0.2, 0.25) is 0 Å². The molecule has 2 atom stereocenters. The van der Waals surface area contributed by atoms with Crippen molar-refractivity contribution in [3.63, 3.8) is 0 Å². The van der Waals surface area contributed by atoms with Crippen LogP contribution in [0.1, 0.15) is 29.8 Å². The highest BCUT2D eigenvalue weighted by atomic mass is 32.1. The van der Waals surface area contributed by atoms with Gasteiger partial charge in [0.25, 0.3) is 0 Å². The maximum absolute atomic E-state index is 5.68. The highest BCUT2D eigenvalue weighted by Gasteiger charge is 2.39. The first kappa shape index (κ1) is 18.7. The van der Waals surface area contributed by atoms with Crippen LogP contribution in [0.25, 0.3) is 5.69 Å². The van der Waals surface area contributed by atoms with Crippen molar-refractivity contribution in [2.45, 2.75) is 18.5 Å². The summed E-state index contributed by atoms with van der Waals surface area (Å²) in [5, 5.41) is 4.26. The zero-order valence-electron chi connectivity index (χ0n) is 15.9. The van der Waals surface area contributed by atoms with Crippen molar-refractivity contribution in [3.8, 4) is 5.69 Å². The Kier molecular flexibility index (Phi) is 5.69. The molecule has 28 heavy (non-hydrogen) atoms. The van der Waals surface area contributed by atoms with Crippen molar-refractivity contribution in [1.29, 1.82) is 0 Å². The van der Waals surface area contributed by atoms with Crippen molar-refractivity contribution < 1.29 is 4.74 Å². The number of hydrogen-bond acceptors (Lipinski definition) is 3. The number of methoxy groups -OCH3 is 1. The lowest BCUT2D eigenvalue weighted by atomic mass is 9.99. The van der Waals surface area contributed by atoms with E-state index >= 15 is 0 Å². The number of nitrogens with one attached hydrogen (secondary N) is 1. The molecule has 1 saturated heterocycles. The zero-order valence-corrected chi connectivity index (χ0v) is 16.7. The van der Waals surface area contributed by atoms with Gasteiger partial charge < -0.3 is 19.5 Å². The monoisotopic (exact) mass is 392 g/mol. The first-order valence-corrected chi connectivity index (χ1v) is 9.89. The molecule has 1 aliphatic rings. The van der Waals surface area contributed by atoms with Gasteiger partial charge in [-0.1, -0.05) is 24.3 Å². The van der Waals surface area contributed by atoms with Crippen LogP contribution < -0.4 is 5.32 Å². The lowest BCUT2D eigenvalue weighted by Gasteiger charge is -2.27. The van der Waals surface area contributed by atoms with Crippen LogP contribution in [0.15, 0.2) is 73.2 Å². The Bertz CT molecular complexity index is 913. The van der Waals surface area contributed by atoms with Gasteiger partial charge in [-0.25, -0.2) is 0 Å². The van der Waals surface area contributed by atoms with Gasteiger partial charge in [-0.15, -0.1) is 0 Å². The Labute approximate surface area is 171 Å². The average Bonchev–Trinajstić information content (AvgIpc) is 3.35. The Balaban J connectivity index is 1.68. The molecule has 0 spiro atoms. The van der Waals surface area contributed by atoms with Crippen molar-refractivity contribution in [1.82, 2.24) is 19.8 Å². The number of thiocarbonyl (C=S) groups is 1. The van der Waals surface area contributed by atoms with Gasteiger partial charge in [0, 0.05) is 44.5 Å². The number of hydrogen-bond donors (Lipinski definition) is 1. The minimum Gasteiger partial charge on any atom is -0.385 e. The summed E-state index contributed by atoms with van der Waals surface area (Å²) in [6.45, 7) is 1.55. The topological polar surface area (TPSA) is 42.3 Å². The smallest absolute Gasteiger partial charge is 0.170 e. The second-order valence-electron chi connectivity index (χ2n) is 6.85. The van der Waals surface area contributed by atoms with Gasteiger partial charge in [0.1, 0.15) is 0 Å². The summed E-state index contributed by atoms with van der Waals surface area (Å²) < 4.78 is 7.40. The van der Waals surface area contributed by atoms with E-state index in [1.54, 1.807) is 7.11 Å². The van der Waals surface area contributed by atoms with Crippen LogP contribution in [0, 0.1) is 0 Å². The van der Waals surface area contributed by atoms with Gasteiger partial charge >= 0.3 is 0 Å². The average molecular weight is 393 g/mol. The predicted octanol–water partition coefficient (Wildman–Crippen LogP) is 3.88. The number of nitrogens with zero attached hydrogens (tertiary/aromatic N) is 3. The number of aromatic nitrogens is 2. The zero-order chi connectivity index (χ0) is 19.3. The van der Waals surface area contributed by atoms with Crippen LogP contribution in [0.5, 0.6) is 0 Å². The first-order chi connectivity index (χ1) is 13.8. The fraction of sp³-hybridized carbons (Fsp3) is 0.273. The molecule has 1 fully saturated rings. The van der Waals surface area contributed by atoms with Crippen LogP contribution in [-0.2, 0) is 4.74 Å². The van der Waals surface area contributed by atoms with Gasteiger partial charge in [-0.05, 0) is 54.5 Å². The molecule has 1 N–H and O–H groups in total. The highest BCUT2D eigenvalue weighted by molar-refractivity contribution is 7.80. The third-order valence-electron chi connectivity index (χ3n) is 5.06. The van der Waals surface area contributed by atoms with E-state index < -0.39 is 0 Å². The number of para-hydroxylation sites is 1. The molecule has 2 aromatic heterocycles. The van der Waals surface area contributed by atoms with Crippen LogP contribution in [0.4, 0.5) is 0 Å². The Morgan fingerprint density at radius 3 is 2.68 bits per heavy atom. The molecule has 4 rings (SSSR count). The van der Waals surface area contributed by atoms with Crippen molar-refractivity contribution in [3.05, 3.63) is 84.4 Å². The number of ether oxygens (including phenoxy) is 1. The molecule has 0 saturated carbocycles. The van der Waals surface area contributed by atoms with Gasteiger partial charge in [0.05, 0.1) is 17.8 Å². The number of pyridine rings is 1. The molecule has 144 valence electrons. The number of rotatable bonds is 7. The standard InChI is InChI=1S/C22H24N4OS/c1-27-15-7-13-26-21(20(24-22(26)28)19-10-5-6-12-23-19)17-11-14-25(16-17)18-8-3-2-4-9-18/h2-6,8-12,14,16,20-21H,7,13,15H2,1H3,(H,24,28)/t20-,21+/m0/s1. The lowest BCUT2D eigenvalue weighted by molar-refractivity contribution is 0.180. The molecule has 0 unspecified atom stereocenters. The second-order valence-corrected chi connectivity index (χ2v) is 7.24. The summed E-state index contributed by atoms with van der Waals surface area (Å²) in [7, 11) is 1.73. The van der Waals surface area contributed by atoms with E-state index in [9.17, 15) is 0 Å². The third kappa shape index (κ3) is 3.79. The van der Waals surface area contributed by atoms with Gasteiger partial charge in [-0.2, -0.15) is 0 Å². The molecular weight excluding hydrogens is 368 g/mol. The van der Waals surface area contributed by atoms with E-state index in [1.165, 1.54) is 5.56 Å². The fourth-order valence-electron chi connectivity index (χ4n) is 3.74. The predicted molar refractivity (Wildman–Crippen MR) is 114 cm³/mol. The van der Waals surface area contributed by atoms with E-state index in [1.807, 2.05) is 24.4 Å². The molecule has 6 heteroatoms. The molecule has 1 aliphatic heterocycles. The third-order valence-corrected chi connectivity index (χ3v) is 5.41. The molecule has 5 nitrogen and oxygen atoms in total. The maximum Gasteiger partial charge on any atom is 0.170 e. The summed E-state index contributed by atoms with van der Waals surface area (Å²) in [6, 6.07) is 18.6. The molecule has 0 amide bonds. The lowest BCUT2D eigenvalue weighted by Crippen LogP contribution is -2.31. The van der Waals surface area contributed by atoms with Crippen LogP contribution >= 0.6 is 12.2 Å². The Hall–Kier alpha value is -2.70. The summed E-state index contributed by atoms with van der Waals surface area (Å²) in [5.41, 5.74) is 3.35. The minimum absolute atomic E-state index is 0.0165. The fourth-order valence-corrected chi connectivity index (χ4v) is 4.07. The molecule has 3 aromatic rings. The Morgan fingerprint density at radius 1 is 1.11 bits per heavy atom. The summed E-state index contributed by atoms with van der Waals surface area (Å²) in [4.78, 5) is 6.85. The van der Waals surface area contributed by atoms with Gasteiger partial charge in [0.2, 0.25) is 0 Å². The molecule has 0 radical (unpaired) electrons. The minimum atomic E-state index is 0.0165. The maximum atomic E-state index is 5.68. The van der Waals surface area contributed by atoms with E-state index in [-0.39, 0.29) is 12.1 Å². The van der Waals surface area contributed by atoms with Crippen LogP contribution in [0.3, 0.4) is 0 Å². The summed E-state index contributed by atoms with van der Waals surface area (Å²) in [6.07, 6.45) is 7.05. The molecule has 0 bridgehead atoms. The summed E-state index contributed by atoms with van der Waals surface area (Å²) in [5.74, 6) is 0. The quantitative estimate of drug-likeness (QED) is 0.488. The van der Waals surface area contributed by atoms with Gasteiger partial charge in [0.15, 0.2) is 5.11 Å².